The first kappa shape index (κ1) is 10.5. The molecular formula is C11H17NS2. The van der Waals surface area contributed by atoms with Gasteiger partial charge in [-0.3, -0.25) is 0 Å². The van der Waals surface area contributed by atoms with E-state index in [-0.39, 0.29) is 0 Å². The second-order valence-electron chi connectivity index (χ2n) is 3.91. The second kappa shape index (κ2) is 5.19. The predicted molar refractivity (Wildman–Crippen MR) is 66.4 cm³/mol. The molecule has 0 bridgehead atoms. The molecule has 0 amide bonds. The van der Waals surface area contributed by atoms with Crippen molar-refractivity contribution in [3.63, 3.8) is 0 Å². The largest absolute Gasteiger partial charge is 0.310 e. The number of thioether (sulfide) groups is 1. The standard InChI is InChI=1S/C11H17NS2/c1-9(7-11-3-2-5-14-11)12-10-4-6-13-8-10/h2-3,5,9-10,12H,4,6-8H2,1H3. The van der Waals surface area contributed by atoms with Gasteiger partial charge < -0.3 is 5.32 Å². The van der Waals surface area contributed by atoms with E-state index in [4.69, 9.17) is 0 Å². The number of hydrogen-bond donors (Lipinski definition) is 1. The van der Waals surface area contributed by atoms with E-state index < -0.39 is 0 Å². The fourth-order valence-electron chi connectivity index (χ4n) is 1.86. The maximum Gasteiger partial charge on any atom is 0.0168 e. The molecule has 1 aromatic rings. The van der Waals surface area contributed by atoms with E-state index >= 15 is 0 Å². The minimum atomic E-state index is 0.623. The van der Waals surface area contributed by atoms with Crippen LogP contribution in [0.1, 0.15) is 18.2 Å². The van der Waals surface area contributed by atoms with Crippen molar-refractivity contribution in [1.29, 1.82) is 0 Å². The van der Waals surface area contributed by atoms with Crippen LogP contribution in [0.3, 0.4) is 0 Å². The lowest BCUT2D eigenvalue weighted by molar-refractivity contribution is 0.472. The molecule has 1 nitrogen and oxygen atoms in total. The van der Waals surface area contributed by atoms with Crippen molar-refractivity contribution in [1.82, 2.24) is 5.32 Å². The SMILES string of the molecule is CC(Cc1cccs1)NC1CCSC1. The molecule has 0 spiro atoms. The van der Waals surface area contributed by atoms with Gasteiger partial charge in [0.2, 0.25) is 0 Å². The Morgan fingerprint density at radius 3 is 3.21 bits per heavy atom. The van der Waals surface area contributed by atoms with Gasteiger partial charge in [0.15, 0.2) is 0 Å². The smallest absolute Gasteiger partial charge is 0.0168 e. The van der Waals surface area contributed by atoms with Gasteiger partial charge in [-0.1, -0.05) is 6.07 Å². The van der Waals surface area contributed by atoms with Crippen LogP contribution < -0.4 is 5.32 Å². The van der Waals surface area contributed by atoms with E-state index in [0.717, 1.165) is 6.04 Å². The maximum atomic E-state index is 3.70. The monoisotopic (exact) mass is 227 g/mol. The highest BCUT2D eigenvalue weighted by Crippen LogP contribution is 2.18. The Morgan fingerprint density at radius 2 is 2.57 bits per heavy atom. The Kier molecular flexibility index (Phi) is 3.90. The van der Waals surface area contributed by atoms with Crippen molar-refractivity contribution in [2.75, 3.05) is 11.5 Å². The van der Waals surface area contributed by atoms with Crippen LogP contribution >= 0.6 is 23.1 Å². The Hall–Kier alpha value is 0.01000. The summed E-state index contributed by atoms with van der Waals surface area (Å²) in [5.41, 5.74) is 0. The van der Waals surface area contributed by atoms with Gasteiger partial charge in [-0.15, -0.1) is 11.3 Å². The molecule has 2 heterocycles. The molecule has 78 valence electrons. The zero-order valence-corrected chi connectivity index (χ0v) is 10.2. The molecule has 1 aromatic heterocycles. The normalized spacial score (nSPS) is 23.9. The Balaban J connectivity index is 1.75. The molecule has 1 aliphatic rings. The molecule has 0 aromatic carbocycles. The van der Waals surface area contributed by atoms with Crippen LogP contribution in [-0.4, -0.2) is 23.6 Å². The first-order valence-electron chi connectivity index (χ1n) is 5.21. The van der Waals surface area contributed by atoms with Crippen LogP contribution in [-0.2, 0) is 6.42 Å². The molecule has 0 radical (unpaired) electrons. The number of thiophene rings is 1. The lowest BCUT2D eigenvalue weighted by Gasteiger charge is -2.17. The van der Waals surface area contributed by atoms with Crippen molar-refractivity contribution in [2.24, 2.45) is 0 Å². The number of nitrogens with one attached hydrogen (secondary N) is 1. The molecule has 2 atom stereocenters. The topological polar surface area (TPSA) is 12.0 Å². The molecule has 2 rings (SSSR count). The molecule has 3 heteroatoms. The minimum Gasteiger partial charge on any atom is -0.310 e. The van der Waals surface area contributed by atoms with Crippen LogP contribution in [0.15, 0.2) is 17.5 Å². The molecule has 1 fully saturated rings. The highest BCUT2D eigenvalue weighted by Gasteiger charge is 2.17. The zero-order chi connectivity index (χ0) is 9.80. The van der Waals surface area contributed by atoms with Gasteiger partial charge in [-0.2, -0.15) is 11.8 Å². The highest BCUT2D eigenvalue weighted by atomic mass is 32.2. The van der Waals surface area contributed by atoms with E-state index in [1.807, 2.05) is 11.3 Å². The Morgan fingerprint density at radius 1 is 1.64 bits per heavy atom. The van der Waals surface area contributed by atoms with Crippen LogP contribution in [0.4, 0.5) is 0 Å². The van der Waals surface area contributed by atoms with Crippen LogP contribution in [0.5, 0.6) is 0 Å². The zero-order valence-electron chi connectivity index (χ0n) is 8.53. The lowest BCUT2D eigenvalue weighted by atomic mass is 10.1. The van der Waals surface area contributed by atoms with Crippen LogP contribution in [0.25, 0.3) is 0 Å². The summed E-state index contributed by atoms with van der Waals surface area (Å²) in [5, 5.41) is 5.86. The van der Waals surface area contributed by atoms with Crippen LogP contribution in [0.2, 0.25) is 0 Å². The van der Waals surface area contributed by atoms with Gasteiger partial charge in [-0.05, 0) is 37.0 Å². The quantitative estimate of drug-likeness (QED) is 0.849. The Labute approximate surface area is 94.3 Å². The third-order valence-corrected chi connectivity index (χ3v) is 4.60. The van der Waals surface area contributed by atoms with Crippen LogP contribution in [0, 0.1) is 0 Å². The summed E-state index contributed by atoms with van der Waals surface area (Å²) in [5.74, 6) is 2.64. The molecular weight excluding hydrogens is 210 g/mol. The van der Waals surface area contributed by atoms with Gasteiger partial charge >= 0.3 is 0 Å². The fraction of sp³-hybridized carbons (Fsp3) is 0.636. The summed E-state index contributed by atoms with van der Waals surface area (Å²) in [6.45, 7) is 2.29. The van der Waals surface area contributed by atoms with E-state index in [9.17, 15) is 0 Å². The maximum absolute atomic E-state index is 3.70. The molecule has 2 unspecified atom stereocenters. The summed E-state index contributed by atoms with van der Waals surface area (Å²) in [7, 11) is 0. The van der Waals surface area contributed by atoms with Gasteiger partial charge in [0, 0.05) is 22.7 Å². The molecule has 0 aliphatic carbocycles. The second-order valence-corrected chi connectivity index (χ2v) is 6.09. The summed E-state index contributed by atoms with van der Waals surface area (Å²) >= 11 is 3.94. The van der Waals surface area contributed by atoms with E-state index in [1.54, 1.807) is 0 Å². The van der Waals surface area contributed by atoms with Crippen molar-refractivity contribution in [2.45, 2.75) is 31.8 Å². The molecule has 14 heavy (non-hydrogen) atoms. The molecule has 1 N–H and O–H groups in total. The first-order valence-corrected chi connectivity index (χ1v) is 7.24. The average molecular weight is 227 g/mol. The number of hydrogen-bond acceptors (Lipinski definition) is 3. The summed E-state index contributed by atoms with van der Waals surface area (Å²) < 4.78 is 0. The van der Waals surface area contributed by atoms with Gasteiger partial charge in [0.1, 0.15) is 0 Å². The summed E-state index contributed by atoms with van der Waals surface area (Å²) in [6.07, 6.45) is 2.53. The Bertz CT molecular complexity index is 252. The molecule has 1 saturated heterocycles. The van der Waals surface area contributed by atoms with Crippen molar-refractivity contribution >= 4 is 23.1 Å². The van der Waals surface area contributed by atoms with Gasteiger partial charge in [0.25, 0.3) is 0 Å². The average Bonchev–Trinajstić information content (AvgIpc) is 2.76. The van der Waals surface area contributed by atoms with Gasteiger partial charge in [0.05, 0.1) is 0 Å². The van der Waals surface area contributed by atoms with Crippen molar-refractivity contribution in [3.05, 3.63) is 22.4 Å². The van der Waals surface area contributed by atoms with Crippen molar-refractivity contribution < 1.29 is 0 Å². The van der Waals surface area contributed by atoms with E-state index in [1.165, 1.54) is 29.2 Å². The minimum absolute atomic E-state index is 0.623. The number of rotatable bonds is 4. The summed E-state index contributed by atoms with van der Waals surface area (Å²) in [4.78, 5) is 1.50. The highest BCUT2D eigenvalue weighted by molar-refractivity contribution is 7.99. The van der Waals surface area contributed by atoms with Crippen molar-refractivity contribution in [3.8, 4) is 0 Å². The third kappa shape index (κ3) is 3.01. The van der Waals surface area contributed by atoms with Gasteiger partial charge in [-0.25, -0.2) is 0 Å². The molecule has 0 saturated carbocycles. The van der Waals surface area contributed by atoms with E-state index in [0.29, 0.717) is 6.04 Å². The predicted octanol–water partition coefficient (Wildman–Crippen LogP) is 2.77. The first-order chi connectivity index (χ1) is 6.84. The lowest BCUT2D eigenvalue weighted by Crippen LogP contribution is -2.37. The van der Waals surface area contributed by atoms with E-state index in [2.05, 4.69) is 41.5 Å². The third-order valence-electron chi connectivity index (χ3n) is 2.54. The summed E-state index contributed by atoms with van der Waals surface area (Å²) in [6, 6.07) is 5.75. The fourth-order valence-corrected chi connectivity index (χ4v) is 3.86. The molecule has 1 aliphatic heterocycles.